The Morgan fingerprint density at radius 1 is 1.50 bits per heavy atom. The van der Waals surface area contributed by atoms with Crippen LogP contribution in [0, 0.1) is 11.3 Å². The van der Waals surface area contributed by atoms with E-state index >= 15 is 0 Å². The van der Waals surface area contributed by atoms with E-state index in [2.05, 4.69) is 27.4 Å². The van der Waals surface area contributed by atoms with E-state index in [4.69, 9.17) is 0 Å². The van der Waals surface area contributed by atoms with Crippen LogP contribution in [0.4, 0.5) is 0 Å². The Hall–Kier alpha value is -0.260. The van der Waals surface area contributed by atoms with E-state index in [-0.39, 0.29) is 0 Å². The Balaban J connectivity index is 2.51. The van der Waals surface area contributed by atoms with Gasteiger partial charge in [-0.1, -0.05) is 32.9 Å². The number of hydrogen-bond donors (Lipinski definition) is 0. The highest BCUT2D eigenvalue weighted by atomic mass is 14.4. The largest absolute Gasteiger partial charge is 0.0995 e. The summed E-state index contributed by atoms with van der Waals surface area (Å²) >= 11 is 0. The van der Waals surface area contributed by atoms with Crippen molar-refractivity contribution >= 4 is 0 Å². The molecular weight excluding hydrogens is 96.1 g/mol. The summed E-state index contributed by atoms with van der Waals surface area (Å²) in [5.74, 6) is 0.822. The van der Waals surface area contributed by atoms with Gasteiger partial charge in [0, 0.05) is 0 Å². The average Bonchev–Trinajstić information content (AvgIpc) is 2.13. The van der Waals surface area contributed by atoms with E-state index in [1.165, 1.54) is 12.0 Å². The van der Waals surface area contributed by atoms with Crippen molar-refractivity contribution in [2.45, 2.75) is 27.2 Å². The summed E-state index contributed by atoms with van der Waals surface area (Å²) in [5.41, 5.74) is 1.93. The van der Waals surface area contributed by atoms with Crippen molar-refractivity contribution in [2.24, 2.45) is 11.3 Å². The maximum Gasteiger partial charge on any atom is -0.0120 e. The van der Waals surface area contributed by atoms with Crippen LogP contribution in [0.1, 0.15) is 27.2 Å². The fourth-order valence-electron chi connectivity index (χ4n) is 1.12. The maximum atomic E-state index is 3.91. The lowest BCUT2D eigenvalue weighted by Crippen LogP contribution is -2.06. The summed E-state index contributed by atoms with van der Waals surface area (Å²) in [6.07, 6.45) is 1.27. The van der Waals surface area contributed by atoms with E-state index in [1.54, 1.807) is 0 Å². The molecular formula is C8H14. The van der Waals surface area contributed by atoms with Crippen molar-refractivity contribution in [2.75, 3.05) is 0 Å². The van der Waals surface area contributed by atoms with E-state index in [0.29, 0.717) is 5.41 Å². The van der Waals surface area contributed by atoms with E-state index < -0.39 is 0 Å². The minimum absolute atomic E-state index is 0.483. The predicted molar refractivity (Wildman–Crippen MR) is 36.7 cm³/mol. The van der Waals surface area contributed by atoms with Crippen molar-refractivity contribution in [3.05, 3.63) is 12.2 Å². The number of hydrogen-bond acceptors (Lipinski definition) is 0. The first-order valence-corrected chi connectivity index (χ1v) is 3.19. The van der Waals surface area contributed by atoms with Gasteiger partial charge < -0.3 is 0 Å². The van der Waals surface area contributed by atoms with Crippen molar-refractivity contribution in [3.8, 4) is 0 Å². The second kappa shape index (κ2) is 1.37. The predicted octanol–water partition coefficient (Wildman–Crippen LogP) is 2.61. The van der Waals surface area contributed by atoms with Gasteiger partial charge in [0.1, 0.15) is 0 Å². The third kappa shape index (κ3) is 0.936. The minimum atomic E-state index is 0.483. The Morgan fingerprint density at radius 2 is 1.88 bits per heavy atom. The second-order valence-electron chi connectivity index (χ2n) is 3.78. The van der Waals surface area contributed by atoms with Gasteiger partial charge in [0.15, 0.2) is 0 Å². The molecule has 0 aromatic heterocycles. The highest BCUT2D eigenvalue weighted by Gasteiger charge is 2.37. The van der Waals surface area contributed by atoms with Crippen LogP contribution in [-0.4, -0.2) is 0 Å². The van der Waals surface area contributed by atoms with Crippen molar-refractivity contribution in [1.82, 2.24) is 0 Å². The molecule has 0 spiro atoms. The normalized spacial score (nSPS) is 28.4. The summed E-state index contributed by atoms with van der Waals surface area (Å²) < 4.78 is 0. The molecule has 46 valence electrons. The third-order valence-corrected chi connectivity index (χ3v) is 1.84. The first-order chi connectivity index (χ1) is 3.52. The molecule has 8 heavy (non-hydrogen) atoms. The van der Waals surface area contributed by atoms with E-state index in [1.807, 2.05) is 0 Å². The molecule has 1 unspecified atom stereocenters. The molecule has 0 radical (unpaired) electrons. The van der Waals surface area contributed by atoms with Crippen LogP contribution >= 0.6 is 0 Å². The number of rotatable bonds is 0. The standard InChI is InChI=1S/C8H14/c1-6-5-7(6)8(2,3)4/h7H,1,5H2,2-4H3. The quantitative estimate of drug-likeness (QED) is 0.420. The zero-order valence-corrected chi connectivity index (χ0v) is 5.99. The molecule has 0 heteroatoms. The van der Waals surface area contributed by atoms with Gasteiger partial charge in [-0.25, -0.2) is 0 Å². The van der Waals surface area contributed by atoms with E-state index in [9.17, 15) is 0 Å². The molecule has 1 aliphatic carbocycles. The van der Waals surface area contributed by atoms with Gasteiger partial charge in [-0.05, 0) is 17.8 Å². The molecule has 0 aromatic carbocycles. The average molecular weight is 110 g/mol. The SMILES string of the molecule is C=C1CC1C(C)(C)C. The fourth-order valence-corrected chi connectivity index (χ4v) is 1.12. The number of allylic oxidation sites excluding steroid dienone is 1. The molecule has 0 amide bonds. The topological polar surface area (TPSA) is 0 Å². The lowest BCUT2D eigenvalue weighted by molar-refractivity contribution is 0.363. The van der Waals surface area contributed by atoms with Crippen LogP contribution in [0.25, 0.3) is 0 Å². The Bertz CT molecular complexity index is 114. The monoisotopic (exact) mass is 110 g/mol. The molecule has 0 N–H and O–H groups in total. The van der Waals surface area contributed by atoms with Crippen LogP contribution in [0.3, 0.4) is 0 Å². The van der Waals surface area contributed by atoms with Gasteiger partial charge in [-0.3, -0.25) is 0 Å². The first kappa shape index (κ1) is 5.87. The summed E-state index contributed by atoms with van der Waals surface area (Å²) in [5, 5.41) is 0. The van der Waals surface area contributed by atoms with Crippen molar-refractivity contribution in [1.29, 1.82) is 0 Å². The molecule has 1 atom stereocenters. The molecule has 1 rings (SSSR count). The summed E-state index contributed by atoms with van der Waals surface area (Å²) in [6.45, 7) is 10.7. The van der Waals surface area contributed by atoms with Crippen molar-refractivity contribution < 1.29 is 0 Å². The molecule has 0 bridgehead atoms. The molecule has 0 nitrogen and oxygen atoms in total. The van der Waals surface area contributed by atoms with Crippen LogP contribution < -0.4 is 0 Å². The molecule has 0 aliphatic heterocycles. The second-order valence-corrected chi connectivity index (χ2v) is 3.78. The zero-order chi connectivity index (χ0) is 6.36. The van der Waals surface area contributed by atoms with Crippen LogP contribution in [0.5, 0.6) is 0 Å². The van der Waals surface area contributed by atoms with Crippen LogP contribution in [0.2, 0.25) is 0 Å². The Labute approximate surface area is 51.6 Å². The lowest BCUT2D eigenvalue weighted by Gasteiger charge is -2.15. The summed E-state index contributed by atoms with van der Waals surface area (Å²) in [7, 11) is 0. The molecule has 0 saturated heterocycles. The van der Waals surface area contributed by atoms with Crippen LogP contribution in [0.15, 0.2) is 12.2 Å². The van der Waals surface area contributed by atoms with Gasteiger partial charge >= 0.3 is 0 Å². The van der Waals surface area contributed by atoms with Gasteiger partial charge in [-0.15, -0.1) is 0 Å². The molecule has 0 aromatic rings. The van der Waals surface area contributed by atoms with Gasteiger partial charge in [0.05, 0.1) is 0 Å². The molecule has 1 aliphatic rings. The van der Waals surface area contributed by atoms with Gasteiger partial charge in [0.25, 0.3) is 0 Å². The first-order valence-electron chi connectivity index (χ1n) is 3.19. The maximum absolute atomic E-state index is 3.91. The summed E-state index contributed by atoms with van der Waals surface area (Å²) in [4.78, 5) is 0. The Kier molecular flexibility index (Phi) is 1.00. The highest BCUT2D eigenvalue weighted by Crippen LogP contribution is 2.48. The van der Waals surface area contributed by atoms with Crippen molar-refractivity contribution in [3.63, 3.8) is 0 Å². The fraction of sp³-hybridized carbons (Fsp3) is 0.750. The van der Waals surface area contributed by atoms with Gasteiger partial charge in [0.2, 0.25) is 0 Å². The minimum Gasteiger partial charge on any atom is -0.0995 e. The molecule has 0 heterocycles. The highest BCUT2D eigenvalue weighted by molar-refractivity contribution is 5.21. The zero-order valence-electron chi connectivity index (χ0n) is 5.99. The summed E-state index contributed by atoms with van der Waals surface area (Å²) in [6, 6.07) is 0. The molecule has 1 fully saturated rings. The van der Waals surface area contributed by atoms with E-state index in [0.717, 1.165) is 5.92 Å². The van der Waals surface area contributed by atoms with Crippen LogP contribution in [-0.2, 0) is 0 Å². The lowest BCUT2D eigenvalue weighted by atomic mass is 9.90. The van der Waals surface area contributed by atoms with Gasteiger partial charge in [-0.2, -0.15) is 0 Å². The smallest absolute Gasteiger partial charge is 0.0120 e. The third-order valence-electron chi connectivity index (χ3n) is 1.84. The molecule has 1 saturated carbocycles. The Morgan fingerprint density at radius 3 is 1.88 bits per heavy atom.